The van der Waals surface area contributed by atoms with Crippen molar-refractivity contribution < 1.29 is 19.5 Å². The second-order valence-electron chi connectivity index (χ2n) is 7.38. The second-order valence-corrected chi connectivity index (χ2v) is 7.38. The molecule has 1 fully saturated rings. The molecule has 1 aromatic heterocycles. The number of quaternary nitrogens is 1. The summed E-state index contributed by atoms with van der Waals surface area (Å²) in [6.45, 7) is 7.80. The fourth-order valence-corrected chi connectivity index (χ4v) is 3.61. The lowest BCUT2D eigenvalue weighted by molar-refractivity contribution is -0.692. The Labute approximate surface area is 160 Å². The third-order valence-corrected chi connectivity index (χ3v) is 5.19. The molecule has 2 heterocycles. The van der Waals surface area contributed by atoms with Gasteiger partial charge in [0.05, 0.1) is 19.3 Å². The Kier molecular flexibility index (Phi) is 6.40. The number of amides is 1. The number of pyridine rings is 1. The maximum absolute atomic E-state index is 13.2. The van der Waals surface area contributed by atoms with E-state index in [0.29, 0.717) is 12.5 Å². The molecule has 0 saturated carbocycles. The molecule has 0 spiro atoms. The number of nitrogens with two attached hydrogens (primary N) is 1. The van der Waals surface area contributed by atoms with Gasteiger partial charge in [-0.25, -0.2) is 9.37 Å². The van der Waals surface area contributed by atoms with Gasteiger partial charge in [0.2, 0.25) is 0 Å². The van der Waals surface area contributed by atoms with Crippen molar-refractivity contribution in [1.29, 1.82) is 0 Å². The van der Waals surface area contributed by atoms with Crippen molar-refractivity contribution in [2.45, 2.75) is 19.9 Å². The van der Waals surface area contributed by atoms with Crippen LogP contribution >= 0.6 is 0 Å². The minimum Gasteiger partial charge on any atom is -0.332 e. The van der Waals surface area contributed by atoms with E-state index in [4.69, 9.17) is 0 Å². The van der Waals surface area contributed by atoms with Crippen molar-refractivity contribution in [2.75, 3.05) is 37.6 Å². The third-order valence-electron chi connectivity index (χ3n) is 5.19. The number of carbonyl (C=O) groups excluding carboxylic acids is 1. The van der Waals surface area contributed by atoms with Crippen LogP contribution in [-0.4, -0.2) is 43.5 Å². The first-order valence-corrected chi connectivity index (χ1v) is 9.63. The molecule has 5 nitrogen and oxygen atoms in total. The number of halogens is 1. The number of nitrogens with zero attached hydrogens (tertiary/aromatic N) is 2. The number of aromatic amines is 1. The molecule has 144 valence electrons. The van der Waals surface area contributed by atoms with Gasteiger partial charge in [-0.3, -0.25) is 9.69 Å². The number of anilines is 1. The molecule has 6 heteroatoms. The van der Waals surface area contributed by atoms with Crippen LogP contribution in [0.2, 0.25) is 0 Å². The Hall–Kier alpha value is -2.47. The van der Waals surface area contributed by atoms with Gasteiger partial charge >= 0.3 is 0 Å². The summed E-state index contributed by atoms with van der Waals surface area (Å²) in [4.78, 5) is 20.1. The number of benzene rings is 1. The van der Waals surface area contributed by atoms with Gasteiger partial charge in [0.1, 0.15) is 24.9 Å². The Balaban J connectivity index is 1.52. The minimum absolute atomic E-state index is 0.148. The highest BCUT2D eigenvalue weighted by atomic mass is 19.1. The van der Waals surface area contributed by atoms with Gasteiger partial charge in [0.25, 0.3) is 11.7 Å². The first-order chi connectivity index (χ1) is 13.0. The molecule has 2 aromatic rings. The average Bonchev–Trinajstić information content (AvgIpc) is 2.70. The molecular weight excluding hydrogens is 343 g/mol. The molecule has 3 N–H and O–H groups in total. The second kappa shape index (κ2) is 8.95. The molecule has 27 heavy (non-hydrogen) atoms. The lowest BCUT2D eigenvalue weighted by Crippen LogP contribution is -2.88. The van der Waals surface area contributed by atoms with E-state index >= 15 is 0 Å². The molecule has 1 aliphatic rings. The van der Waals surface area contributed by atoms with Crippen LogP contribution in [0.5, 0.6) is 0 Å². The highest BCUT2D eigenvalue weighted by molar-refractivity contribution is 5.77. The Morgan fingerprint density at radius 1 is 1.11 bits per heavy atom. The number of hydrogen-bond acceptors (Lipinski definition) is 2. The van der Waals surface area contributed by atoms with Crippen molar-refractivity contribution in [2.24, 2.45) is 5.92 Å². The van der Waals surface area contributed by atoms with Crippen LogP contribution in [0.1, 0.15) is 25.5 Å². The summed E-state index contributed by atoms with van der Waals surface area (Å²) in [5.41, 5.74) is 1.06. The van der Waals surface area contributed by atoms with E-state index in [1.807, 2.05) is 35.4 Å². The summed E-state index contributed by atoms with van der Waals surface area (Å²) in [5, 5.41) is 2.08. The van der Waals surface area contributed by atoms with E-state index < -0.39 is 0 Å². The lowest BCUT2D eigenvalue weighted by atomic mass is 9.96. The normalized spacial score (nSPS) is 15.9. The Morgan fingerprint density at radius 3 is 2.41 bits per heavy atom. The van der Waals surface area contributed by atoms with Crippen LogP contribution in [-0.2, 0) is 4.79 Å². The van der Waals surface area contributed by atoms with Gasteiger partial charge in [-0.05, 0) is 18.2 Å². The zero-order valence-electron chi connectivity index (χ0n) is 16.1. The van der Waals surface area contributed by atoms with Gasteiger partial charge in [0.15, 0.2) is 6.54 Å². The quantitative estimate of drug-likeness (QED) is 0.830. The first kappa shape index (κ1) is 19.3. The molecule has 1 aliphatic heterocycles. The molecular formula is C21H29FN4O+2. The van der Waals surface area contributed by atoms with Crippen LogP contribution in [0.25, 0.3) is 0 Å². The van der Waals surface area contributed by atoms with Gasteiger partial charge < -0.3 is 10.2 Å². The van der Waals surface area contributed by atoms with E-state index in [9.17, 15) is 9.18 Å². The van der Waals surface area contributed by atoms with Gasteiger partial charge in [-0.15, -0.1) is 0 Å². The highest BCUT2D eigenvalue weighted by Gasteiger charge is 2.28. The number of piperazine rings is 1. The molecule has 3 rings (SSSR count). The van der Waals surface area contributed by atoms with Crippen LogP contribution in [0.15, 0.2) is 48.7 Å². The van der Waals surface area contributed by atoms with Crippen molar-refractivity contribution in [3.05, 3.63) is 60.0 Å². The third kappa shape index (κ3) is 5.04. The van der Waals surface area contributed by atoms with E-state index in [1.54, 1.807) is 0 Å². The number of carbonyl (C=O) groups is 1. The smallest absolute Gasteiger partial charge is 0.277 e. The van der Waals surface area contributed by atoms with Crippen LogP contribution < -0.4 is 15.2 Å². The summed E-state index contributed by atoms with van der Waals surface area (Å²) in [7, 11) is 0. The fourth-order valence-electron chi connectivity index (χ4n) is 3.61. The summed E-state index contributed by atoms with van der Waals surface area (Å²) in [6, 6.07) is 12.8. The lowest BCUT2D eigenvalue weighted by Gasteiger charge is -2.31. The molecule has 1 aromatic carbocycles. The molecule has 1 atom stereocenters. The van der Waals surface area contributed by atoms with Gasteiger partial charge in [-0.2, -0.15) is 0 Å². The van der Waals surface area contributed by atoms with E-state index in [2.05, 4.69) is 35.1 Å². The summed E-state index contributed by atoms with van der Waals surface area (Å²) < 4.78 is 13.2. The first-order valence-electron chi connectivity index (χ1n) is 9.63. The average molecular weight is 372 g/mol. The summed E-state index contributed by atoms with van der Waals surface area (Å²) in [6.07, 6.45) is 1.92. The fraction of sp³-hybridized carbons (Fsp3) is 0.429. The number of H-pyrrole nitrogens is 1. The highest BCUT2D eigenvalue weighted by Crippen LogP contribution is 2.18. The molecule has 0 aliphatic carbocycles. The van der Waals surface area contributed by atoms with Crippen LogP contribution in [0.4, 0.5) is 10.2 Å². The molecule has 1 saturated heterocycles. The van der Waals surface area contributed by atoms with E-state index in [-0.39, 0.29) is 17.8 Å². The predicted molar refractivity (Wildman–Crippen MR) is 103 cm³/mol. The Bertz CT molecular complexity index is 728. The van der Waals surface area contributed by atoms with Crippen LogP contribution in [0, 0.1) is 11.7 Å². The summed E-state index contributed by atoms with van der Waals surface area (Å²) >= 11 is 0. The maximum Gasteiger partial charge on any atom is 0.277 e. The Morgan fingerprint density at radius 2 is 1.81 bits per heavy atom. The molecule has 0 bridgehead atoms. The van der Waals surface area contributed by atoms with E-state index in [1.165, 1.54) is 12.1 Å². The zero-order chi connectivity index (χ0) is 19.2. The SMILES string of the molecule is CC(C)[C@@H]([NH2+]CC(=O)N1CCN(c2cccc[nH+]2)CC1)c1ccc(F)cc1. The number of hydrogen-bond donors (Lipinski definition) is 1. The topological polar surface area (TPSA) is 54.3 Å². The van der Waals surface area contributed by atoms with Crippen molar-refractivity contribution >= 4 is 11.7 Å². The number of nitrogens with one attached hydrogen (secondary N) is 1. The van der Waals surface area contributed by atoms with Crippen molar-refractivity contribution in [3.63, 3.8) is 0 Å². The molecule has 0 radical (unpaired) electrons. The summed E-state index contributed by atoms with van der Waals surface area (Å²) in [5.74, 6) is 1.38. The monoisotopic (exact) mass is 372 g/mol. The zero-order valence-corrected chi connectivity index (χ0v) is 16.1. The van der Waals surface area contributed by atoms with Crippen LogP contribution in [0.3, 0.4) is 0 Å². The number of aromatic nitrogens is 1. The van der Waals surface area contributed by atoms with Crippen molar-refractivity contribution in [1.82, 2.24) is 4.90 Å². The van der Waals surface area contributed by atoms with Gasteiger partial charge in [0, 0.05) is 17.5 Å². The van der Waals surface area contributed by atoms with Crippen molar-refractivity contribution in [3.8, 4) is 0 Å². The maximum atomic E-state index is 13.2. The molecule has 0 unspecified atom stereocenters. The van der Waals surface area contributed by atoms with E-state index in [0.717, 1.165) is 37.6 Å². The largest absolute Gasteiger partial charge is 0.332 e. The minimum atomic E-state index is -0.231. The predicted octanol–water partition coefficient (Wildman–Crippen LogP) is 1.25. The standard InChI is InChI=1S/C21H27FN4O/c1-16(2)21(17-6-8-18(22)9-7-17)24-15-20(27)26-13-11-25(12-14-26)19-5-3-4-10-23-19/h3-10,16,21,24H,11-15H2,1-2H3/p+2/t21-/m1/s1. The van der Waals surface area contributed by atoms with Gasteiger partial charge in [-0.1, -0.05) is 32.0 Å². The number of rotatable bonds is 6. The molecule has 1 amide bonds.